The first-order valence-corrected chi connectivity index (χ1v) is 6.96. The molecule has 2 nitrogen and oxygen atoms in total. The van der Waals surface area contributed by atoms with Crippen LogP contribution in [0.25, 0.3) is 0 Å². The van der Waals surface area contributed by atoms with E-state index in [0.29, 0.717) is 6.61 Å². The van der Waals surface area contributed by atoms with E-state index in [1.807, 2.05) is 38.1 Å². The zero-order valence-corrected chi connectivity index (χ0v) is 12.6. The number of aryl methyl sites for hydroxylation is 1. The molecular weight excluding hydrogens is 316 g/mol. The summed E-state index contributed by atoms with van der Waals surface area (Å²) >= 11 is 9.95. The van der Waals surface area contributed by atoms with Gasteiger partial charge in [0, 0.05) is 10.0 Å². The molecular formula is C14H14BrClO2. The van der Waals surface area contributed by atoms with Crippen molar-refractivity contribution in [3.8, 4) is 5.75 Å². The van der Waals surface area contributed by atoms with Crippen molar-refractivity contribution in [2.24, 2.45) is 0 Å². The van der Waals surface area contributed by atoms with Crippen LogP contribution in [0.4, 0.5) is 0 Å². The monoisotopic (exact) mass is 328 g/mol. The molecule has 0 radical (unpaired) electrons. The van der Waals surface area contributed by atoms with E-state index < -0.39 is 0 Å². The van der Waals surface area contributed by atoms with Crippen molar-refractivity contribution in [1.29, 1.82) is 0 Å². The second-order valence-electron chi connectivity index (χ2n) is 3.95. The van der Waals surface area contributed by atoms with Crippen molar-refractivity contribution in [3.05, 3.63) is 51.9 Å². The van der Waals surface area contributed by atoms with Crippen LogP contribution in [-0.2, 0) is 0 Å². The SMILES string of the molecule is CCOc1ccc(Br)cc1C(Cl)c1occc1C. The van der Waals surface area contributed by atoms with Gasteiger partial charge in [0.25, 0.3) is 0 Å². The van der Waals surface area contributed by atoms with Crippen LogP contribution in [0.1, 0.15) is 29.2 Å². The van der Waals surface area contributed by atoms with Gasteiger partial charge in [-0.25, -0.2) is 0 Å². The highest BCUT2D eigenvalue weighted by Gasteiger charge is 2.20. The Hall–Kier alpha value is -0.930. The van der Waals surface area contributed by atoms with Crippen LogP contribution >= 0.6 is 27.5 Å². The van der Waals surface area contributed by atoms with Crippen molar-refractivity contribution in [1.82, 2.24) is 0 Å². The van der Waals surface area contributed by atoms with Gasteiger partial charge in [0.2, 0.25) is 0 Å². The van der Waals surface area contributed by atoms with Crippen LogP contribution in [0.5, 0.6) is 5.75 Å². The lowest BCUT2D eigenvalue weighted by Crippen LogP contribution is -2.00. The highest BCUT2D eigenvalue weighted by atomic mass is 79.9. The maximum atomic E-state index is 6.50. The van der Waals surface area contributed by atoms with E-state index in [0.717, 1.165) is 27.1 Å². The number of hydrogen-bond donors (Lipinski definition) is 0. The first-order valence-electron chi connectivity index (χ1n) is 5.73. The molecule has 1 heterocycles. The number of furan rings is 1. The topological polar surface area (TPSA) is 22.4 Å². The van der Waals surface area contributed by atoms with E-state index in [2.05, 4.69) is 15.9 Å². The molecule has 0 saturated carbocycles. The summed E-state index contributed by atoms with van der Waals surface area (Å²) < 4.78 is 12.0. The molecule has 0 fully saturated rings. The molecule has 4 heteroatoms. The third-order valence-electron chi connectivity index (χ3n) is 2.68. The van der Waals surface area contributed by atoms with Crippen molar-refractivity contribution in [2.75, 3.05) is 6.61 Å². The van der Waals surface area contributed by atoms with E-state index in [-0.39, 0.29) is 5.38 Å². The summed E-state index contributed by atoms with van der Waals surface area (Å²) in [6.07, 6.45) is 1.65. The normalized spacial score (nSPS) is 12.4. The summed E-state index contributed by atoms with van der Waals surface area (Å²) in [7, 11) is 0. The van der Waals surface area contributed by atoms with Crippen molar-refractivity contribution < 1.29 is 9.15 Å². The maximum Gasteiger partial charge on any atom is 0.129 e. The number of rotatable bonds is 4. The predicted molar refractivity (Wildman–Crippen MR) is 76.5 cm³/mol. The Bertz CT molecular complexity index is 536. The van der Waals surface area contributed by atoms with Gasteiger partial charge in [0.15, 0.2) is 0 Å². The van der Waals surface area contributed by atoms with Gasteiger partial charge >= 0.3 is 0 Å². The minimum absolute atomic E-state index is 0.348. The Balaban J connectivity index is 2.43. The van der Waals surface area contributed by atoms with E-state index >= 15 is 0 Å². The largest absolute Gasteiger partial charge is 0.494 e. The summed E-state index contributed by atoms with van der Waals surface area (Å²) in [5.74, 6) is 1.55. The summed E-state index contributed by atoms with van der Waals surface area (Å²) in [6, 6.07) is 7.72. The van der Waals surface area contributed by atoms with Gasteiger partial charge < -0.3 is 9.15 Å². The molecule has 0 aliphatic rings. The third kappa shape index (κ3) is 2.73. The molecule has 1 unspecified atom stereocenters. The van der Waals surface area contributed by atoms with Gasteiger partial charge in [0.05, 0.1) is 12.9 Å². The number of benzene rings is 1. The van der Waals surface area contributed by atoms with Crippen molar-refractivity contribution in [3.63, 3.8) is 0 Å². The molecule has 0 spiro atoms. The van der Waals surface area contributed by atoms with Crippen LogP contribution in [0.2, 0.25) is 0 Å². The molecule has 96 valence electrons. The Morgan fingerprint density at radius 1 is 1.39 bits per heavy atom. The van der Waals surface area contributed by atoms with Crippen LogP contribution in [0.3, 0.4) is 0 Å². The van der Waals surface area contributed by atoms with Gasteiger partial charge in [0.1, 0.15) is 16.9 Å². The Labute approximate surface area is 120 Å². The maximum absolute atomic E-state index is 6.50. The second-order valence-corrected chi connectivity index (χ2v) is 5.30. The molecule has 1 aromatic heterocycles. The van der Waals surface area contributed by atoms with E-state index in [1.54, 1.807) is 6.26 Å². The Morgan fingerprint density at radius 2 is 2.17 bits per heavy atom. The highest BCUT2D eigenvalue weighted by molar-refractivity contribution is 9.10. The zero-order valence-electron chi connectivity index (χ0n) is 10.2. The highest BCUT2D eigenvalue weighted by Crippen LogP contribution is 2.38. The Kier molecular flexibility index (Phi) is 4.36. The predicted octanol–water partition coefficient (Wildman–Crippen LogP) is 5.08. The smallest absolute Gasteiger partial charge is 0.129 e. The fourth-order valence-electron chi connectivity index (χ4n) is 1.79. The third-order valence-corrected chi connectivity index (χ3v) is 3.60. The molecule has 0 aliphatic heterocycles. The lowest BCUT2D eigenvalue weighted by atomic mass is 10.1. The van der Waals surface area contributed by atoms with Gasteiger partial charge in [-0.1, -0.05) is 15.9 Å². The molecule has 0 saturated heterocycles. The fraction of sp³-hybridized carbons (Fsp3) is 0.286. The van der Waals surface area contributed by atoms with Crippen LogP contribution < -0.4 is 4.74 Å². The van der Waals surface area contributed by atoms with Crippen LogP contribution in [0.15, 0.2) is 39.4 Å². The molecule has 0 amide bonds. The molecule has 0 aliphatic carbocycles. The molecule has 2 aromatic rings. The van der Waals surface area contributed by atoms with Gasteiger partial charge in [-0.2, -0.15) is 0 Å². The lowest BCUT2D eigenvalue weighted by Gasteiger charge is -2.14. The fourth-order valence-corrected chi connectivity index (χ4v) is 2.56. The van der Waals surface area contributed by atoms with Crippen LogP contribution in [0, 0.1) is 6.92 Å². The lowest BCUT2D eigenvalue weighted by molar-refractivity contribution is 0.336. The first-order chi connectivity index (χ1) is 8.63. The summed E-state index contributed by atoms with van der Waals surface area (Å²) in [5, 5.41) is -0.348. The molecule has 0 N–H and O–H groups in total. The minimum Gasteiger partial charge on any atom is -0.494 e. The molecule has 2 rings (SSSR count). The van der Waals surface area contributed by atoms with Gasteiger partial charge in [-0.15, -0.1) is 11.6 Å². The van der Waals surface area contributed by atoms with E-state index in [4.69, 9.17) is 20.8 Å². The molecule has 18 heavy (non-hydrogen) atoms. The van der Waals surface area contributed by atoms with Crippen molar-refractivity contribution in [2.45, 2.75) is 19.2 Å². The van der Waals surface area contributed by atoms with Crippen molar-refractivity contribution >= 4 is 27.5 Å². The average Bonchev–Trinajstić information content (AvgIpc) is 2.77. The average molecular weight is 330 g/mol. The minimum atomic E-state index is -0.348. The standard InChI is InChI=1S/C14H14BrClO2/c1-3-17-12-5-4-10(15)8-11(12)13(16)14-9(2)6-7-18-14/h4-8,13H,3H2,1-2H3. The van der Waals surface area contributed by atoms with E-state index in [1.165, 1.54) is 0 Å². The summed E-state index contributed by atoms with van der Waals surface area (Å²) in [4.78, 5) is 0. The number of hydrogen-bond acceptors (Lipinski definition) is 2. The molecule has 1 aromatic carbocycles. The quantitative estimate of drug-likeness (QED) is 0.730. The second kappa shape index (κ2) is 5.81. The van der Waals surface area contributed by atoms with Gasteiger partial charge in [-0.3, -0.25) is 0 Å². The van der Waals surface area contributed by atoms with Gasteiger partial charge in [-0.05, 0) is 43.7 Å². The number of halogens is 2. The number of alkyl halides is 1. The first kappa shape index (κ1) is 13.5. The van der Waals surface area contributed by atoms with E-state index in [9.17, 15) is 0 Å². The number of ether oxygens (including phenoxy) is 1. The molecule has 0 bridgehead atoms. The Morgan fingerprint density at radius 3 is 2.78 bits per heavy atom. The summed E-state index contributed by atoms with van der Waals surface area (Å²) in [6.45, 7) is 4.54. The summed E-state index contributed by atoms with van der Waals surface area (Å²) in [5.41, 5.74) is 1.95. The molecule has 1 atom stereocenters. The zero-order chi connectivity index (χ0) is 13.1. The van der Waals surface area contributed by atoms with Crippen LogP contribution in [-0.4, -0.2) is 6.61 Å².